The molecule has 1 aromatic heterocycles. The number of rotatable bonds is 11. The van der Waals surface area contributed by atoms with Crippen LogP contribution in [-0.2, 0) is 28.0 Å². The molecule has 1 heterocycles. The van der Waals surface area contributed by atoms with Crippen molar-refractivity contribution < 1.29 is 39.9 Å². The van der Waals surface area contributed by atoms with Gasteiger partial charge in [0.05, 0.1) is 30.9 Å². The van der Waals surface area contributed by atoms with Crippen LogP contribution in [0, 0.1) is 23.3 Å². The number of alkyl halides is 1. The molecule has 4 aromatic carbocycles. The Hall–Kier alpha value is -4.98. The third-order valence-corrected chi connectivity index (χ3v) is 11.0. The lowest BCUT2D eigenvalue weighted by atomic mass is 9.84. The minimum Gasteiger partial charge on any atom is -0.497 e. The van der Waals surface area contributed by atoms with Gasteiger partial charge in [-0.05, 0) is 79.3 Å². The Morgan fingerprint density at radius 1 is 0.922 bits per heavy atom. The zero-order chi connectivity index (χ0) is 36.4. The molecule has 1 amide bonds. The smallest absolute Gasteiger partial charge is 0.251 e. The lowest BCUT2D eigenvalue weighted by Gasteiger charge is -2.28. The Morgan fingerprint density at radius 3 is 2.16 bits per heavy atom. The lowest BCUT2D eigenvalue weighted by molar-refractivity contribution is -0.117. The van der Waals surface area contributed by atoms with Crippen molar-refractivity contribution in [3.63, 3.8) is 0 Å². The maximum Gasteiger partial charge on any atom is 0.251 e. The van der Waals surface area contributed by atoms with E-state index in [9.17, 15) is 35.2 Å². The minimum atomic E-state index is -5.05. The Kier molecular flexibility index (Phi) is 10.3. The summed E-state index contributed by atoms with van der Waals surface area (Å²) in [5.41, 5.74) is 0.120. The van der Waals surface area contributed by atoms with Gasteiger partial charge < -0.3 is 4.74 Å². The first-order chi connectivity index (χ1) is 24.4. The summed E-state index contributed by atoms with van der Waals surface area (Å²) < 4.78 is 106. The van der Waals surface area contributed by atoms with Crippen LogP contribution in [0.5, 0.6) is 5.75 Å². The summed E-state index contributed by atoms with van der Waals surface area (Å²) in [7, 11) is -3.47. The van der Waals surface area contributed by atoms with E-state index in [-0.39, 0.29) is 5.69 Å². The Balaban J connectivity index is 1.35. The lowest BCUT2D eigenvalue weighted by Crippen LogP contribution is -2.41. The van der Waals surface area contributed by atoms with Gasteiger partial charge in [0.15, 0.2) is 28.5 Å². The monoisotopic (exact) mass is 726 g/mol. The molecule has 0 radical (unpaired) electrons. The largest absolute Gasteiger partial charge is 0.497 e. The molecule has 0 aliphatic heterocycles. The molecule has 0 bridgehead atoms. The minimum absolute atomic E-state index is 0.269. The molecule has 8 nitrogen and oxygen atoms in total. The molecule has 0 unspecified atom stereocenters. The highest BCUT2D eigenvalue weighted by Crippen LogP contribution is 2.36. The van der Waals surface area contributed by atoms with Gasteiger partial charge in [-0.15, -0.1) is 0 Å². The third-order valence-electron chi connectivity index (χ3n) is 9.37. The molecule has 14 heteroatoms. The molecule has 5 aromatic rings. The summed E-state index contributed by atoms with van der Waals surface area (Å²) in [6.45, 7) is -0.454. The summed E-state index contributed by atoms with van der Waals surface area (Å²) in [5.74, 6) is -8.43. The first-order valence-electron chi connectivity index (χ1n) is 16.4. The molecule has 51 heavy (non-hydrogen) atoms. The van der Waals surface area contributed by atoms with Crippen molar-refractivity contribution in [2.45, 2.75) is 63.4 Å². The summed E-state index contributed by atoms with van der Waals surface area (Å²) in [4.78, 5) is 15.4. The van der Waals surface area contributed by atoms with Gasteiger partial charge in [-0.2, -0.15) is 5.10 Å². The number of hydrogen-bond donors (Lipinski definition) is 1. The molecule has 1 atom stereocenters. The molecule has 268 valence electrons. The Labute approximate surface area is 291 Å². The fraction of sp³-hybridized carbons (Fsp3) is 0.297. The number of fused-ring (bicyclic) bond motifs is 1. The molecule has 1 saturated carbocycles. The number of ether oxygens (including phenoxy) is 1. The van der Waals surface area contributed by atoms with Crippen molar-refractivity contribution in [2.24, 2.45) is 0 Å². The number of nitrogens with one attached hydrogen (secondary N) is 1. The van der Waals surface area contributed by atoms with Crippen LogP contribution in [0.25, 0.3) is 10.9 Å². The van der Waals surface area contributed by atoms with Gasteiger partial charge in [-0.1, -0.05) is 43.5 Å². The van der Waals surface area contributed by atoms with Crippen LogP contribution in [0.4, 0.5) is 39.0 Å². The molecule has 0 spiro atoms. The number of amides is 1. The average molecular weight is 727 g/mol. The van der Waals surface area contributed by atoms with E-state index in [0.29, 0.717) is 29.3 Å². The van der Waals surface area contributed by atoms with E-state index >= 15 is 0 Å². The first kappa shape index (κ1) is 35.8. The van der Waals surface area contributed by atoms with Crippen LogP contribution in [-0.4, -0.2) is 36.5 Å². The number of hydrogen-bond acceptors (Lipinski definition) is 5. The zero-order valence-corrected chi connectivity index (χ0v) is 28.6. The topological polar surface area (TPSA) is 93.5 Å². The van der Waals surface area contributed by atoms with Crippen molar-refractivity contribution in [1.29, 1.82) is 0 Å². The molecule has 0 saturated heterocycles. The van der Waals surface area contributed by atoms with E-state index in [1.807, 2.05) is 36.4 Å². The molecule has 1 aliphatic carbocycles. The predicted octanol–water partition coefficient (Wildman–Crippen LogP) is 8.66. The van der Waals surface area contributed by atoms with E-state index in [0.717, 1.165) is 54.2 Å². The van der Waals surface area contributed by atoms with Crippen molar-refractivity contribution >= 4 is 43.9 Å². The SMILES string of the molecule is COc1ccc(Cn2ncc3cc(N(C(=O)[C@@H](C)S(=O)(=O)Nc4c(F)c(F)c(CF)c(F)c4F)c4ccc(C5CCCCC5)cc4)ccc32)cc1. The van der Waals surface area contributed by atoms with Gasteiger partial charge in [-0.3, -0.25) is 19.1 Å². The van der Waals surface area contributed by atoms with Crippen LogP contribution < -0.4 is 14.4 Å². The van der Waals surface area contributed by atoms with E-state index in [2.05, 4.69) is 5.10 Å². The summed E-state index contributed by atoms with van der Waals surface area (Å²) in [5, 5.41) is 3.10. The fourth-order valence-corrected chi connectivity index (χ4v) is 7.42. The van der Waals surface area contributed by atoms with Crippen LogP contribution in [0.3, 0.4) is 0 Å². The number of sulfonamides is 1. The molecule has 6 rings (SSSR count). The predicted molar refractivity (Wildman–Crippen MR) is 184 cm³/mol. The second-order valence-corrected chi connectivity index (χ2v) is 14.5. The van der Waals surface area contributed by atoms with E-state index in [1.165, 1.54) is 11.1 Å². The van der Waals surface area contributed by atoms with Gasteiger partial charge in [0.25, 0.3) is 5.91 Å². The normalized spacial score (nSPS) is 14.4. The van der Waals surface area contributed by atoms with Gasteiger partial charge in [0, 0.05) is 16.8 Å². The molecule has 1 fully saturated rings. The maximum atomic E-state index is 14.7. The highest BCUT2D eigenvalue weighted by molar-refractivity contribution is 7.94. The average Bonchev–Trinajstić information content (AvgIpc) is 3.55. The molecular formula is C37H35F5N4O4S. The quantitative estimate of drug-likeness (QED) is 0.109. The first-order valence-corrected chi connectivity index (χ1v) is 17.9. The maximum absolute atomic E-state index is 14.7. The van der Waals surface area contributed by atoms with Gasteiger partial charge >= 0.3 is 0 Å². The number of nitrogens with zero attached hydrogens (tertiary/aromatic N) is 3. The standard InChI is InChI=1S/C37H35F5N4O4S/c1-22(51(48,49)44-36-34(41)32(39)30(19-38)33(40)35(36)42)37(47)46(27-12-10-25(11-13-27)24-6-4-3-5-7-24)28-14-17-31-26(18-28)20-43-45(31)21-23-8-15-29(50-2)16-9-23/h8-18,20,22,24,44H,3-7,19,21H2,1-2H3/t22-/m1/s1. The number of benzene rings is 4. The number of anilines is 3. The van der Waals surface area contributed by atoms with Gasteiger partial charge in [0.1, 0.15) is 18.1 Å². The van der Waals surface area contributed by atoms with E-state index < -0.39 is 62.4 Å². The van der Waals surface area contributed by atoms with Crippen molar-refractivity contribution in [2.75, 3.05) is 16.7 Å². The number of carbonyl (C=O) groups is 1. The highest BCUT2D eigenvalue weighted by Gasteiger charge is 2.36. The Morgan fingerprint density at radius 2 is 1.55 bits per heavy atom. The Bertz CT molecular complexity index is 2140. The molecule has 1 aliphatic rings. The zero-order valence-electron chi connectivity index (χ0n) is 27.8. The molecular weight excluding hydrogens is 691 g/mol. The summed E-state index contributed by atoms with van der Waals surface area (Å²) in [6, 6.07) is 19.7. The number of methoxy groups -OCH3 is 1. The fourth-order valence-electron chi connectivity index (χ4n) is 6.41. The van der Waals surface area contributed by atoms with Crippen LogP contribution >= 0.6 is 0 Å². The van der Waals surface area contributed by atoms with Crippen LogP contribution in [0.15, 0.2) is 72.9 Å². The number of aromatic nitrogens is 2. The highest BCUT2D eigenvalue weighted by atomic mass is 32.2. The van der Waals surface area contributed by atoms with Crippen molar-refractivity contribution in [3.05, 3.63) is 113 Å². The van der Waals surface area contributed by atoms with Crippen molar-refractivity contribution in [1.82, 2.24) is 9.78 Å². The molecule has 1 N–H and O–H groups in total. The van der Waals surface area contributed by atoms with Gasteiger partial charge in [0.2, 0.25) is 10.0 Å². The third kappa shape index (κ3) is 7.14. The number of halogens is 5. The number of carbonyl (C=O) groups excluding carboxylic acids is 1. The van der Waals surface area contributed by atoms with E-state index in [4.69, 9.17) is 4.74 Å². The summed E-state index contributed by atoms with van der Waals surface area (Å²) in [6.07, 6.45) is 7.05. The second-order valence-electron chi connectivity index (χ2n) is 12.5. The summed E-state index contributed by atoms with van der Waals surface area (Å²) >= 11 is 0. The van der Waals surface area contributed by atoms with E-state index in [1.54, 1.807) is 48.3 Å². The van der Waals surface area contributed by atoms with Crippen LogP contribution in [0.1, 0.15) is 61.6 Å². The second kappa shape index (κ2) is 14.7. The van der Waals surface area contributed by atoms with Gasteiger partial charge in [-0.25, -0.2) is 30.4 Å². The van der Waals surface area contributed by atoms with Crippen molar-refractivity contribution in [3.8, 4) is 5.75 Å². The van der Waals surface area contributed by atoms with Crippen LogP contribution in [0.2, 0.25) is 0 Å².